The summed E-state index contributed by atoms with van der Waals surface area (Å²) < 4.78 is 0. The monoisotopic (exact) mass is 267 g/mol. The first-order valence-corrected chi connectivity index (χ1v) is 7.28. The lowest BCUT2D eigenvalue weighted by Gasteiger charge is -2.46. The molecule has 0 unspecified atom stereocenters. The van der Waals surface area contributed by atoms with Gasteiger partial charge in [-0.1, -0.05) is 61.5 Å². The smallest absolute Gasteiger partial charge is 0.0897 e. The molecular weight excluding hydrogens is 246 g/mol. The van der Waals surface area contributed by atoms with Gasteiger partial charge in [-0.15, -0.1) is 0 Å². The highest BCUT2D eigenvalue weighted by Crippen LogP contribution is 2.26. The Balaban J connectivity index is 1.63. The molecule has 0 aliphatic carbocycles. The van der Waals surface area contributed by atoms with Crippen LogP contribution in [-0.2, 0) is 6.54 Å². The average molecular weight is 267 g/mol. The molecule has 1 aliphatic heterocycles. The van der Waals surface area contributed by atoms with Gasteiger partial charge in [-0.2, -0.15) is 0 Å². The van der Waals surface area contributed by atoms with E-state index in [9.17, 15) is 5.11 Å². The highest BCUT2D eigenvalue weighted by atomic mass is 16.3. The fourth-order valence-corrected chi connectivity index (χ4v) is 2.81. The number of nitrogens with zero attached hydrogens (tertiary/aromatic N) is 1. The molecule has 1 saturated heterocycles. The van der Waals surface area contributed by atoms with Crippen LogP contribution in [0.5, 0.6) is 0 Å². The molecule has 2 aromatic carbocycles. The maximum Gasteiger partial charge on any atom is 0.0897 e. The first-order valence-electron chi connectivity index (χ1n) is 7.28. The Bertz CT molecular complexity index is 556. The van der Waals surface area contributed by atoms with Crippen molar-refractivity contribution in [3.8, 4) is 11.1 Å². The number of hydrogen-bond donors (Lipinski definition) is 1. The Morgan fingerprint density at radius 3 is 2.15 bits per heavy atom. The van der Waals surface area contributed by atoms with Crippen LogP contribution in [-0.4, -0.2) is 28.7 Å². The molecule has 0 amide bonds. The van der Waals surface area contributed by atoms with Crippen LogP contribution < -0.4 is 0 Å². The second kappa shape index (κ2) is 5.39. The first-order chi connectivity index (χ1) is 9.68. The van der Waals surface area contributed by atoms with E-state index in [4.69, 9.17) is 0 Å². The van der Waals surface area contributed by atoms with E-state index in [1.165, 1.54) is 16.7 Å². The third kappa shape index (κ3) is 2.77. The van der Waals surface area contributed by atoms with Crippen LogP contribution in [0.3, 0.4) is 0 Å². The van der Waals surface area contributed by atoms with Gasteiger partial charge in [-0.3, -0.25) is 4.90 Å². The van der Waals surface area contributed by atoms with Crippen LogP contribution in [0.15, 0.2) is 54.6 Å². The van der Waals surface area contributed by atoms with E-state index < -0.39 is 5.60 Å². The summed E-state index contributed by atoms with van der Waals surface area (Å²) in [6.45, 7) is 4.57. The summed E-state index contributed by atoms with van der Waals surface area (Å²) >= 11 is 0. The molecule has 2 heteroatoms. The van der Waals surface area contributed by atoms with Gasteiger partial charge in [0.25, 0.3) is 0 Å². The first kappa shape index (κ1) is 13.3. The van der Waals surface area contributed by atoms with E-state index in [-0.39, 0.29) is 0 Å². The van der Waals surface area contributed by atoms with Crippen LogP contribution >= 0.6 is 0 Å². The van der Waals surface area contributed by atoms with E-state index in [2.05, 4.69) is 53.4 Å². The van der Waals surface area contributed by atoms with Crippen LogP contribution in [0.25, 0.3) is 11.1 Å². The summed E-state index contributed by atoms with van der Waals surface area (Å²) in [6.07, 6.45) is 0.844. The van der Waals surface area contributed by atoms with Crippen molar-refractivity contribution in [1.29, 1.82) is 0 Å². The Labute approximate surface area is 120 Å². The van der Waals surface area contributed by atoms with Crippen molar-refractivity contribution >= 4 is 0 Å². The maximum atomic E-state index is 10.0. The van der Waals surface area contributed by atoms with Gasteiger partial charge in [0.05, 0.1) is 5.60 Å². The van der Waals surface area contributed by atoms with Gasteiger partial charge in [0.2, 0.25) is 0 Å². The van der Waals surface area contributed by atoms with Crippen LogP contribution in [0.4, 0.5) is 0 Å². The Hall–Kier alpha value is -1.64. The minimum atomic E-state index is -0.440. The number of β-amino-alcohol motifs (C(OH)–C–C–N with tert-alkyl or cyclic N) is 1. The highest BCUT2D eigenvalue weighted by Gasteiger charge is 2.38. The second-order valence-electron chi connectivity index (χ2n) is 5.79. The second-order valence-corrected chi connectivity index (χ2v) is 5.79. The van der Waals surface area contributed by atoms with Crippen LogP contribution in [0.1, 0.15) is 18.9 Å². The van der Waals surface area contributed by atoms with E-state index in [0.29, 0.717) is 0 Å². The zero-order valence-corrected chi connectivity index (χ0v) is 11.9. The van der Waals surface area contributed by atoms with Crippen molar-refractivity contribution in [2.45, 2.75) is 25.5 Å². The van der Waals surface area contributed by atoms with Gasteiger partial charge in [0.15, 0.2) is 0 Å². The van der Waals surface area contributed by atoms with Crippen molar-refractivity contribution in [3.05, 3.63) is 60.2 Å². The molecule has 2 aromatic rings. The van der Waals surface area contributed by atoms with Crippen LogP contribution in [0.2, 0.25) is 0 Å². The standard InChI is InChI=1S/C18H21NO/c1-2-18(20)13-19(14-18)12-15-8-10-17(11-9-15)16-6-4-3-5-7-16/h3-11,20H,2,12-14H2,1H3. The molecule has 0 bridgehead atoms. The van der Waals surface area contributed by atoms with E-state index in [1.807, 2.05) is 13.0 Å². The lowest BCUT2D eigenvalue weighted by atomic mass is 9.91. The SMILES string of the molecule is CCC1(O)CN(Cc2ccc(-c3ccccc3)cc2)C1. The predicted octanol–water partition coefficient (Wildman–Crippen LogP) is 3.31. The summed E-state index contributed by atoms with van der Waals surface area (Å²) in [5.41, 5.74) is 3.37. The number of aliphatic hydroxyl groups is 1. The number of likely N-dealkylation sites (tertiary alicyclic amines) is 1. The van der Waals surface area contributed by atoms with Crippen LogP contribution in [0, 0.1) is 0 Å². The molecule has 0 spiro atoms. The van der Waals surface area contributed by atoms with Gasteiger partial charge >= 0.3 is 0 Å². The molecule has 1 fully saturated rings. The summed E-state index contributed by atoms with van der Waals surface area (Å²) in [7, 11) is 0. The number of benzene rings is 2. The van der Waals surface area contributed by atoms with Gasteiger partial charge in [-0.05, 0) is 23.1 Å². The van der Waals surface area contributed by atoms with Crippen molar-refractivity contribution in [3.63, 3.8) is 0 Å². The Morgan fingerprint density at radius 1 is 0.950 bits per heavy atom. The third-order valence-corrected chi connectivity index (χ3v) is 4.16. The summed E-state index contributed by atoms with van der Waals surface area (Å²) in [5.74, 6) is 0. The van der Waals surface area contributed by atoms with Gasteiger partial charge in [-0.25, -0.2) is 0 Å². The molecule has 3 rings (SSSR count). The molecular formula is C18H21NO. The molecule has 2 nitrogen and oxygen atoms in total. The van der Waals surface area contributed by atoms with Crippen molar-refractivity contribution < 1.29 is 5.11 Å². The lowest BCUT2D eigenvalue weighted by Crippen LogP contribution is -2.60. The zero-order chi connectivity index (χ0) is 14.0. The molecule has 0 radical (unpaired) electrons. The zero-order valence-electron chi connectivity index (χ0n) is 11.9. The van der Waals surface area contributed by atoms with E-state index in [1.54, 1.807) is 0 Å². The van der Waals surface area contributed by atoms with Gasteiger partial charge in [0.1, 0.15) is 0 Å². The van der Waals surface area contributed by atoms with Gasteiger partial charge < -0.3 is 5.11 Å². The molecule has 104 valence electrons. The maximum absolute atomic E-state index is 10.0. The summed E-state index contributed by atoms with van der Waals surface area (Å²) in [6, 6.07) is 19.2. The molecule has 1 N–H and O–H groups in total. The fraction of sp³-hybridized carbons (Fsp3) is 0.333. The molecule has 1 heterocycles. The number of rotatable bonds is 4. The molecule has 0 aromatic heterocycles. The summed E-state index contributed by atoms with van der Waals surface area (Å²) in [5, 5.41) is 10.0. The molecule has 20 heavy (non-hydrogen) atoms. The Morgan fingerprint density at radius 2 is 1.55 bits per heavy atom. The fourth-order valence-electron chi connectivity index (χ4n) is 2.81. The molecule has 1 aliphatic rings. The minimum absolute atomic E-state index is 0.440. The average Bonchev–Trinajstić information content (AvgIpc) is 2.47. The lowest BCUT2D eigenvalue weighted by molar-refractivity contribution is -0.103. The largest absolute Gasteiger partial charge is 0.387 e. The molecule has 0 atom stereocenters. The van der Waals surface area contributed by atoms with Crippen molar-refractivity contribution in [1.82, 2.24) is 4.90 Å². The van der Waals surface area contributed by atoms with E-state index >= 15 is 0 Å². The van der Waals surface area contributed by atoms with Crippen molar-refractivity contribution in [2.24, 2.45) is 0 Å². The highest BCUT2D eigenvalue weighted by molar-refractivity contribution is 5.63. The van der Waals surface area contributed by atoms with E-state index in [0.717, 1.165) is 26.1 Å². The quantitative estimate of drug-likeness (QED) is 0.918. The van der Waals surface area contributed by atoms with Crippen molar-refractivity contribution in [2.75, 3.05) is 13.1 Å². The molecule has 0 saturated carbocycles. The minimum Gasteiger partial charge on any atom is -0.387 e. The topological polar surface area (TPSA) is 23.5 Å². The summed E-state index contributed by atoms with van der Waals surface area (Å²) in [4.78, 5) is 2.29. The number of hydrogen-bond acceptors (Lipinski definition) is 2. The third-order valence-electron chi connectivity index (χ3n) is 4.16. The predicted molar refractivity (Wildman–Crippen MR) is 82.4 cm³/mol. The van der Waals surface area contributed by atoms with Gasteiger partial charge in [0, 0.05) is 19.6 Å². The normalized spacial score (nSPS) is 17.7. The Kier molecular flexibility index (Phi) is 3.60.